The third-order valence-corrected chi connectivity index (χ3v) is 3.33. The van der Waals surface area contributed by atoms with Crippen LogP contribution in [0.3, 0.4) is 0 Å². The van der Waals surface area contributed by atoms with Crippen LogP contribution in [0.2, 0.25) is 10.0 Å². The molecule has 1 amide bonds. The first-order valence-electron chi connectivity index (χ1n) is 5.50. The third-order valence-electron chi connectivity index (χ3n) is 2.78. The summed E-state index contributed by atoms with van der Waals surface area (Å²) in [5.74, 6) is -0.277. The van der Waals surface area contributed by atoms with Crippen molar-refractivity contribution < 1.29 is 9.90 Å². The second kappa shape index (κ2) is 4.48. The lowest BCUT2D eigenvalue weighted by Crippen LogP contribution is -2.47. The number of carbonyl (C=O) groups excluding carboxylic acids is 1. The van der Waals surface area contributed by atoms with Gasteiger partial charge >= 0.3 is 0 Å². The molecule has 96 valence electrons. The average Bonchev–Trinajstić information content (AvgIpc) is 2.18. The number of hydrogen-bond acceptors (Lipinski definition) is 2. The fraction of sp³-hybridized carbons (Fsp3) is 0.308. The first-order valence-corrected chi connectivity index (χ1v) is 6.26. The number of amides is 1. The van der Waals surface area contributed by atoms with Crippen molar-refractivity contribution in [3.05, 3.63) is 39.6 Å². The summed E-state index contributed by atoms with van der Waals surface area (Å²) >= 11 is 11.9. The average molecular weight is 286 g/mol. The maximum atomic E-state index is 12.0. The Bertz CT molecular complexity index is 550. The molecule has 1 aliphatic rings. The monoisotopic (exact) mass is 285 g/mol. The Kier molecular flexibility index (Phi) is 3.30. The van der Waals surface area contributed by atoms with Crippen molar-refractivity contribution in [1.82, 2.24) is 5.32 Å². The van der Waals surface area contributed by atoms with Crippen LogP contribution in [0.15, 0.2) is 24.0 Å². The Balaban J connectivity index is 2.53. The van der Waals surface area contributed by atoms with Gasteiger partial charge in [0.05, 0.1) is 10.6 Å². The quantitative estimate of drug-likeness (QED) is 0.829. The van der Waals surface area contributed by atoms with E-state index in [1.54, 1.807) is 18.2 Å². The fourth-order valence-electron chi connectivity index (χ4n) is 2.02. The van der Waals surface area contributed by atoms with E-state index in [0.717, 1.165) is 0 Å². The standard InChI is InChI=1S/C13H13Cl2NO2/c1-13(2)6-10(17)11(12(18)16-13)8-4-3-7(14)5-9(8)15/h3-5,17H,6H2,1-2H3,(H,16,18). The largest absolute Gasteiger partial charge is 0.511 e. The summed E-state index contributed by atoms with van der Waals surface area (Å²) < 4.78 is 0. The lowest BCUT2D eigenvalue weighted by Gasteiger charge is -2.32. The van der Waals surface area contributed by atoms with Gasteiger partial charge in [-0.1, -0.05) is 29.3 Å². The summed E-state index contributed by atoms with van der Waals surface area (Å²) in [5.41, 5.74) is 0.256. The highest BCUT2D eigenvalue weighted by Crippen LogP contribution is 2.33. The summed E-state index contributed by atoms with van der Waals surface area (Å²) in [6.45, 7) is 3.70. The number of aliphatic hydroxyl groups excluding tert-OH is 1. The van der Waals surface area contributed by atoms with E-state index in [1.165, 1.54) is 0 Å². The number of benzene rings is 1. The molecule has 0 bridgehead atoms. The minimum absolute atomic E-state index is 0.0490. The van der Waals surface area contributed by atoms with Crippen LogP contribution in [-0.4, -0.2) is 16.6 Å². The van der Waals surface area contributed by atoms with Crippen LogP contribution in [0.5, 0.6) is 0 Å². The van der Waals surface area contributed by atoms with Crippen LogP contribution in [0, 0.1) is 0 Å². The number of hydrogen-bond donors (Lipinski definition) is 2. The minimum Gasteiger partial charge on any atom is -0.511 e. The molecule has 0 saturated heterocycles. The van der Waals surface area contributed by atoms with Crippen molar-refractivity contribution in [1.29, 1.82) is 0 Å². The number of aliphatic hydroxyl groups is 1. The van der Waals surface area contributed by atoms with Gasteiger partial charge in [0.25, 0.3) is 5.91 Å². The molecule has 0 saturated carbocycles. The Morgan fingerprint density at radius 1 is 1.33 bits per heavy atom. The molecule has 2 rings (SSSR count). The summed E-state index contributed by atoms with van der Waals surface area (Å²) in [7, 11) is 0. The lowest BCUT2D eigenvalue weighted by atomic mass is 9.89. The zero-order valence-electron chi connectivity index (χ0n) is 10.1. The van der Waals surface area contributed by atoms with E-state index in [4.69, 9.17) is 23.2 Å². The van der Waals surface area contributed by atoms with Gasteiger partial charge in [-0.3, -0.25) is 4.79 Å². The molecular formula is C13H13Cl2NO2. The summed E-state index contributed by atoms with van der Waals surface area (Å²) in [6, 6.07) is 4.82. The van der Waals surface area contributed by atoms with Gasteiger partial charge in [-0.05, 0) is 26.0 Å². The molecule has 0 aliphatic carbocycles. The molecule has 5 heteroatoms. The molecule has 3 nitrogen and oxygen atoms in total. The van der Waals surface area contributed by atoms with Crippen LogP contribution in [0.25, 0.3) is 5.57 Å². The molecule has 1 aromatic carbocycles. The van der Waals surface area contributed by atoms with Gasteiger partial charge in [-0.25, -0.2) is 0 Å². The van der Waals surface area contributed by atoms with E-state index < -0.39 is 5.54 Å². The Morgan fingerprint density at radius 3 is 2.56 bits per heavy atom. The van der Waals surface area contributed by atoms with E-state index in [2.05, 4.69) is 5.32 Å². The zero-order valence-corrected chi connectivity index (χ0v) is 11.6. The van der Waals surface area contributed by atoms with Crippen molar-refractivity contribution in [2.45, 2.75) is 25.8 Å². The van der Waals surface area contributed by atoms with Crippen molar-refractivity contribution in [3.8, 4) is 0 Å². The highest BCUT2D eigenvalue weighted by atomic mass is 35.5. The van der Waals surface area contributed by atoms with Crippen molar-refractivity contribution >= 4 is 34.7 Å². The summed E-state index contributed by atoms with van der Waals surface area (Å²) in [6.07, 6.45) is 0.368. The van der Waals surface area contributed by atoms with Gasteiger partial charge in [0, 0.05) is 22.5 Å². The molecule has 0 fully saturated rings. The predicted molar refractivity (Wildman–Crippen MR) is 72.8 cm³/mol. The van der Waals surface area contributed by atoms with E-state index in [0.29, 0.717) is 22.0 Å². The molecule has 0 atom stereocenters. The Hall–Kier alpha value is -1.19. The van der Waals surface area contributed by atoms with E-state index in [9.17, 15) is 9.90 Å². The molecular weight excluding hydrogens is 273 g/mol. The van der Waals surface area contributed by atoms with Crippen LogP contribution < -0.4 is 5.32 Å². The highest BCUT2D eigenvalue weighted by molar-refractivity contribution is 6.37. The topological polar surface area (TPSA) is 49.3 Å². The molecule has 0 aromatic heterocycles. The minimum atomic E-state index is -0.455. The summed E-state index contributed by atoms with van der Waals surface area (Å²) in [4.78, 5) is 12.0. The van der Waals surface area contributed by atoms with Crippen LogP contribution in [0.4, 0.5) is 0 Å². The van der Waals surface area contributed by atoms with E-state index in [-0.39, 0.29) is 17.2 Å². The summed E-state index contributed by atoms with van der Waals surface area (Å²) in [5, 5.41) is 13.7. The first kappa shape index (κ1) is 13.2. The number of rotatable bonds is 1. The molecule has 0 spiro atoms. The van der Waals surface area contributed by atoms with Crippen molar-refractivity contribution in [3.63, 3.8) is 0 Å². The van der Waals surface area contributed by atoms with Gasteiger partial charge in [-0.2, -0.15) is 0 Å². The van der Waals surface area contributed by atoms with Gasteiger partial charge in [-0.15, -0.1) is 0 Å². The van der Waals surface area contributed by atoms with Gasteiger partial charge in [0.1, 0.15) is 5.76 Å². The number of carbonyl (C=O) groups is 1. The molecule has 1 aromatic rings. The number of halogens is 2. The molecule has 2 N–H and O–H groups in total. The van der Waals surface area contributed by atoms with Crippen molar-refractivity contribution in [2.75, 3.05) is 0 Å². The molecule has 0 unspecified atom stereocenters. The Morgan fingerprint density at radius 2 is 2.00 bits per heavy atom. The molecule has 1 heterocycles. The molecule has 1 aliphatic heterocycles. The maximum absolute atomic E-state index is 12.0. The van der Waals surface area contributed by atoms with Crippen LogP contribution >= 0.6 is 23.2 Å². The number of nitrogens with one attached hydrogen (secondary N) is 1. The zero-order chi connectivity index (χ0) is 13.5. The van der Waals surface area contributed by atoms with Crippen LogP contribution in [-0.2, 0) is 4.79 Å². The first-order chi connectivity index (χ1) is 8.30. The maximum Gasteiger partial charge on any atom is 0.255 e. The van der Waals surface area contributed by atoms with Crippen molar-refractivity contribution in [2.24, 2.45) is 0 Å². The second-order valence-corrected chi connectivity index (χ2v) is 5.80. The highest BCUT2D eigenvalue weighted by Gasteiger charge is 2.33. The lowest BCUT2D eigenvalue weighted by molar-refractivity contribution is -0.117. The van der Waals surface area contributed by atoms with Gasteiger partial charge < -0.3 is 10.4 Å². The third kappa shape index (κ3) is 2.47. The Labute approximate surface area is 115 Å². The van der Waals surface area contributed by atoms with Gasteiger partial charge in [0.2, 0.25) is 0 Å². The molecule has 0 radical (unpaired) electrons. The normalized spacial score (nSPS) is 18.8. The van der Waals surface area contributed by atoms with Gasteiger partial charge in [0.15, 0.2) is 0 Å². The SMILES string of the molecule is CC1(C)CC(O)=C(c2ccc(Cl)cc2Cl)C(=O)N1. The van der Waals surface area contributed by atoms with Crippen LogP contribution in [0.1, 0.15) is 25.8 Å². The second-order valence-electron chi connectivity index (χ2n) is 4.96. The molecule has 18 heavy (non-hydrogen) atoms. The van der Waals surface area contributed by atoms with E-state index in [1.807, 2.05) is 13.8 Å². The van der Waals surface area contributed by atoms with E-state index >= 15 is 0 Å². The predicted octanol–water partition coefficient (Wildman–Crippen LogP) is 3.56. The smallest absolute Gasteiger partial charge is 0.255 e. The fourth-order valence-corrected chi connectivity index (χ4v) is 2.53.